The van der Waals surface area contributed by atoms with Crippen LogP contribution in [0.25, 0.3) is 0 Å². The number of primary amides is 1. The Labute approximate surface area is 512 Å². The van der Waals surface area contributed by atoms with E-state index in [9.17, 15) is 53.1 Å². The maximum Gasteiger partial charge on any atom is 0.246 e. The number of nitrogens with zero attached hydrogens (tertiary/aromatic N) is 7. The quantitative estimate of drug-likeness (QED) is 0.0384. The van der Waals surface area contributed by atoms with Gasteiger partial charge in [0.1, 0.15) is 54.4 Å². The Morgan fingerprint density at radius 2 is 1.01 bits per heavy atom. The van der Waals surface area contributed by atoms with Crippen molar-refractivity contribution in [1.29, 1.82) is 0 Å². The minimum atomic E-state index is -1.61. The number of hydrogen-bond acceptors (Lipinski definition) is 13. The molecule has 7 N–H and O–H groups in total. The molecule has 0 aliphatic heterocycles. The highest BCUT2D eigenvalue weighted by Gasteiger charge is 2.45. The second-order valence-corrected chi connectivity index (χ2v) is 24.6. The molecule has 0 heterocycles. The Balaban J connectivity index is 7.07. The van der Waals surface area contributed by atoms with Crippen LogP contribution in [0.15, 0.2) is 24.8 Å². The van der Waals surface area contributed by atoms with Crippen molar-refractivity contribution in [3.05, 3.63) is 24.8 Å². The number of rotatable bonds is 36. The van der Waals surface area contributed by atoms with Gasteiger partial charge in [-0.15, -0.1) is 0 Å². The van der Waals surface area contributed by atoms with Gasteiger partial charge in [0.15, 0.2) is 0 Å². The first-order valence-corrected chi connectivity index (χ1v) is 29.9. The summed E-state index contributed by atoms with van der Waals surface area (Å²) >= 11 is 0. The fourth-order valence-corrected chi connectivity index (χ4v) is 9.73. The highest BCUT2D eigenvalue weighted by Crippen LogP contribution is 2.25. The molecular formula is C61H108N12O13. The molecule has 0 unspecified atom stereocenters. The van der Waals surface area contributed by atoms with E-state index in [-0.39, 0.29) is 50.0 Å². The van der Waals surface area contributed by atoms with Gasteiger partial charge in [0, 0.05) is 55.9 Å². The lowest BCUT2D eigenvalue weighted by molar-refractivity contribution is -0.157. The largest absolute Gasteiger partial charge is 0.390 e. The lowest BCUT2D eigenvalue weighted by Gasteiger charge is -2.41. The molecule has 0 aromatic heterocycles. The van der Waals surface area contributed by atoms with Crippen LogP contribution in [0, 0.1) is 35.5 Å². The van der Waals surface area contributed by atoms with Gasteiger partial charge >= 0.3 is 0 Å². The molecule has 490 valence electrons. The topological polar surface area (TPSA) is 322 Å². The van der Waals surface area contributed by atoms with E-state index in [0.29, 0.717) is 6.42 Å². The number of allylic oxidation sites excluding steroid dienone is 2. The molecule has 25 heteroatoms. The summed E-state index contributed by atoms with van der Waals surface area (Å²) in [6.07, 6.45) is 3.93. The Kier molecular flexibility index (Phi) is 34.0. The first-order valence-electron chi connectivity index (χ1n) is 29.9. The van der Waals surface area contributed by atoms with E-state index < -0.39 is 156 Å². The van der Waals surface area contributed by atoms with Gasteiger partial charge in [0.2, 0.25) is 70.9 Å². The van der Waals surface area contributed by atoms with E-state index in [1.165, 1.54) is 89.7 Å². The SMILES string of the molecule is C=CC(=O)NC[C@H](C)C(=O)N(C)[C@H](C)C(=O)N[C@@H](CC(C)C)C(=O)N[C@H](C)C(=O)N(C)[C@@H](CC(C)C)C(=O)N(C)[C@@H](CC(C)C)C(=O)N(C)[C@H](C(=O)N(C)[C@H](C(=O)N[C@@H](CC)C(=O)N(C)CC(=O)N(C)[C@@H](C)C(N)=O)[C@H](O)[C@H](C)C/C=C/C)C(C)C. The van der Waals surface area contributed by atoms with E-state index in [1.807, 2.05) is 41.5 Å². The lowest BCUT2D eigenvalue weighted by atomic mass is 9.91. The molecule has 0 rings (SSSR count). The molecule has 12 amide bonds. The van der Waals surface area contributed by atoms with E-state index in [0.717, 1.165) is 20.8 Å². The fraction of sp³-hybridized carbons (Fsp3) is 0.738. The highest BCUT2D eigenvalue weighted by molar-refractivity contribution is 5.99. The van der Waals surface area contributed by atoms with Crippen LogP contribution in [0.5, 0.6) is 0 Å². The van der Waals surface area contributed by atoms with E-state index in [2.05, 4.69) is 27.8 Å². The number of amides is 12. The van der Waals surface area contributed by atoms with Gasteiger partial charge in [-0.2, -0.15) is 0 Å². The Hall–Kier alpha value is -6.92. The fourth-order valence-electron chi connectivity index (χ4n) is 9.73. The van der Waals surface area contributed by atoms with Crippen molar-refractivity contribution in [2.45, 2.75) is 196 Å². The third-order valence-corrected chi connectivity index (χ3v) is 15.6. The average Bonchev–Trinajstić information content (AvgIpc) is 2.62. The summed E-state index contributed by atoms with van der Waals surface area (Å²) in [6, 6.07) is -10.8. The van der Waals surface area contributed by atoms with Crippen LogP contribution >= 0.6 is 0 Å². The van der Waals surface area contributed by atoms with Crippen LogP contribution in [0.1, 0.15) is 136 Å². The van der Waals surface area contributed by atoms with Crippen molar-refractivity contribution < 1.29 is 62.6 Å². The monoisotopic (exact) mass is 1220 g/mol. The first-order chi connectivity index (χ1) is 39.7. The van der Waals surface area contributed by atoms with Crippen molar-refractivity contribution in [1.82, 2.24) is 55.6 Å². The van der Waals surface area contributed by atoms with Crippen molar-refractivity contribution >= 4 is 70.9 Å². The summed E-state index contributed by atoms with van der Waals surface area (Å²) in [5.74, 6) is -10.0. The molecule has 0 saturated carbocycles. The molecule has 0 aromatic rings. The number of likely N-dealkylation sites (N-methyl/N-ethyl adjacent to an activating group) is 7. The second kappa shape index (κ2) is 36.9. The zero-order chi connectivity index (χ0) is 67.1. The number of carbonyl (C=O) groups is 12. The Morgan fingerprint density at radius 3 is 1.47 bits per heavy atom. The Bertz CT molecular complexity index is 2380. The molecule has 12 atom stereocenters. The molecule has 0 aliphatic carbocycles. The number of aliphatic hydroxyl groups excluding tert-OH is 1. The van der Waals surface area contributed by atoms with Crippen molar-refractivity contribution in [3.63, 3.8) is 0 Å². The van der Waals surface area contributed by atoms with Gasteiger partial charge in [0.25, 0.3) is 0 Å². The molecule has 0 aromatic carbocycles. The normalized spacial score (nSPS) is 15.7. The molecule has 0 radical (unpaired) electrons. The van der Waals surface area contributed by atoms with Crippen molar-refractivity contribution in [2.75, 3.05) is 62.4 Å². The summed E-state index contributed by atoms with van der Waals surface area (Å²) in [5.41, 5.74) is 5.38. The van der Waals surface area contributed by atoms with Gasteiger partial charge < -0.3 is 66.4 Å². The van der Waals surface area contributed by atoms with E-state index in [1.54, 1.807) is 53.7 Å². The van der Waals surface area contributed by atoms with Crippen LogP contribution in [0.2, 0.25) is 0 Å². The van der Waals surface area contributed by atoms with Crippen LogP contribution < -0.4 is 27.0 Å². The molecule has 25 nitrogen and oxygen atoms in total. The molecule has 86 heavy (non-hydrogen) atoms. The molecular weight excluding hydrogens is 1110 g/mol. The van der Waals surface area contributed by atoms with Gasteiger partial charge in [0.05, 0.1) is 18.6 Å². The minimum Gasteiger partial charge on any atom is -0.390 e. The smallest absolute Gasteiger partial charge is 0.246 e. The predicted octanol–water partition coefficient (Wildman–Crippen LogP) is 1.51. The average molecular weight is 1220 g/mol. The summed E-state index contributed by atoms with van der Waals surface area (Å²) in [5, 5.41) is 22.7. The third-order valence-electron chi connectivity index (χ3n) is 15.6. The number of nitrogens with two attached hydrogens (primary N) is 1. The number of carbonyl (C=O) groups excluding carboxylic acids is 12. The number of hydrogen-bond donors (Lipinski definition) is 6. The molecule has 0 saturated heterocycles. The van der Waals surface area contributed by atoms with Gasteiger partial charge in [-0.25, -0.2) is 0 Å². The number of nitrogens with one attached hydrogen (secondary N) is 4. The number of aliphatic hydroxyl groups is 1. The highest BCUT2D eigenvalue weighted by atomic mass is 16.3. The molecule has 0 bridgehead atoms. The van der Waals surface area contributed by atoms with Gasteiger partial charge in [-0.1, -0.05) is 94.9 Å². The van der Waals surface area contributed by atoms with Crippen molar-refractivity contribution in [3.8, 4) is 0 Å². The van der Waals surface area contributed by atoms with E-state index in [4.69, 9.17) is 5.73 Å². The maximum absolute atomic E-state index is 15.1. The van der Waals surface area contributed by atoms with Gasteiger partial charge in [-0.05, 0) is 95.5 Å². The van der Waals surface area contributed by atoms with E-state index >= 15 is 9.59 Å². The first kappa shape index (κ1) is 79.1. The summed E-state index contributed by atoms with van der Waals surface area (Å²) in [4.78, 5) is 173. The summed E-state index contributed by atoms with van der Waals surface area (Å²) in [6.45, 7) is 28.6. The molecule has 0 aliphatic rings. The predicted molar refractivity (Wildman–Crippen MR) is 329 cm³/mol. The Morgan fingerprint density at radius 1 is 0.535 bits per heavy atom. The van der Waals surface area contributed by atoms with Crippen molar-refractivity contribution in [2.24, 2.45) is 41.2 Å². The molecule has 0 spiro atoms. The summed E-state index contributed by atoms with van der Waals surface area (Å²) in [7, 11) is 9.78. The standard InChI is InChI=1S/C61H108N12O13/c1-24-27-28-38(12)51(76)50(55(80)65-43(25-2)58(83)67(17)33-48(75)68(18)41(15)52(62)77)73(23)61(86)49(37(10)11)72(22)60(85)46(31-36(8)9)71(21)59(84)45(30-35(6)7)70(20)57(82)40(14)64-54(79)44(29-34(4)5)66-53(78)42(16)69(19)56(81)39(13)32-63-47(74)26-3/h24,26-27,34-46,49-51,76H,3,25,28-33H2,1-2,4-23H3,(H2,62,77)(H,63,74)(H,64,79)(H,65,80)(H,66,78)/b27-24+/t38-,39+,40-,41+,42-,43+,44+,45+,46+,49+,50+,51-/m1/s1. The van der Waals surface area contributed by atoms with Crippen LogP contribution in [-0.2, 0) is 57.5 Å². The summed E-state index contributed by atoms with van der Waals surface area (Å²) < 4.78 is 0. The van der Waals surface area contributed by atoms with Crippen LogP contribution in [-0.4, -0.2) is 233 Å². The lowest BCUT2D eigenvalue weighted by Crippen LogP contribution is -2.63. The maximum atomic E-state index is 15.1. The van der Waals surface area contributed by atoms with Crippen LogP contribution in [0.4, 0.5) is 0 Å². The second-order valence-electron chi connectivity index (χ2n) is 24.6. The zero-order valence-corrected chi connectivity index (χ0v) is 55.7. The molecule has 0 fully saturated rings. The van der Waals surface area contributed by atoms with Crippen LogP contribution in [0.3, 0.4) is 0 Å². The zero-order valence-electron chi connectivity index (χ0n) is 55.7. The van der Waals surface area contributed by atoms with Gasteiger partial charge in [-0.3, -0.25) is 57.5 Å². The minimum absolute atomic E-state index is 0.00668. The third kappa shape index (κ3) is 23.4.